The number of furan rings is 1. The van der Waals surface area contributed by atoms with Crippen molar-refractivity contribution < 1.29 is 4.42 Å². The Balaban J connectivity index is 1.75. The first-order valence-electron chi connectivity index (χ1n) is 7.12. The van der Waals surface area contributed by atoms with Crippen LogP contribution in [0.4, 0.5) is 17.3 Å². The zero-order chi connectivity index (χ0) is 16.1. The molecule has 0 radical (unpaired) electrons. The van der Waals surface area contributed by atoms with Crippen molar-refractivity contribution >= 4 is 17.3 Å². The smallest absolute Gasteiger partial charge is 0.136 e. The van der Waals surface area contributed by atoms with Crippen LogP contribution in [-0.2, 0) is 6.54 Å². The lowest BCUT2D eigenvalue weighted by Gasteiger charge is -2.10. The van der Waals surface area contributed by atoms with Crippen molar-refractivity contribution in [3.05, 3.63) is 65.9 Å². The van der Waals surface area contributed by atoms with E-state index in [-0.39, 0.29) is 0 Å². The van der Waals surface area contributed by atoms with Crippen LogP contribution in [0.1, 0.15) is 17.1 Å². The second kappa shape index (κ2) is 6.62. The molecule has 0 saturated heterocycles. The largest absolute Gasteiger partial charge is 0.467 e. The minimum absolute atomic E-state index is 0.548. The van der Waals surface area contributed by atoms with Gasteiger partial charge in [0.2, 0.25) is 0 Å². The molecule has 0 bridgehead atoms. The van der Waals surface area contributed by atoms with Gasteiger partial charge in [-0.3, -0.25) is 0 Å². The average molecular weight is 305 g/mol. The van der Waals surface area contributed by atoms with Gasteiger partial charge in [-0.2, -0.15) is 5.26 Å². The van der Waals surface area contributed by atoms with Crippen LogP contribution in [0.25, 0.3) is 0 Å². The second-order valence-electron chi connectivity index (χ2n) is 4.94. The Morgan fingerprint density at radius 3 is 2.78 bits per heavy atom. The number of hydrogen-bond acceptors (Lipinski definition) is 6. The maximum atomic E-state index is 8.95. The number of rotatable bonds is 5. The molecule has 1 aromatic carbocycles. The molecule has 0 aliphatic heterocycles. The third-order valence-electron chi connectivity index (χ3n) is 3.13. The van der Waals surface area contributed by atoms with E-state index in [1.807, 2.05) is 37.3 Å². The summed E-state index contributed by atoms with van der Waals surface area (Å²) in [6, 6.07) is 14.9. The number of nitriles is 1. The SMILES string of the molecule is Cc1nc(NCc2ccco2)cc(Nc2cccc(C#N)c2)n1. The average Bonchev–Trinajstić information content (AvgIpc) is 3.06. The fourth-order valence-corrected chi connectivity index (χ4v) is 2.13. The highest BCUT2D eigenvalue weighted by Gasteiger charge is 2.04. The van der Waals surface area contributed by atoms with E-state index in [0.29, 0.717) is 29.6 Å². The molecular weight excluding hydrogens is 290 g/mol. The minimum atomic E-state index is 0.548. The summed E-state index contributed by atoms with van der Waals surface area (Å²) in [5.41, 5.74) is 1.40. The molecule has 23 heavy (non-hydrogen) atoms. The molecule has 2 N–H and O–H groups in total. The van der Waals surface area contributed by atoms with E-state index in [2.05, 4.69) is 26.7 Å². The van der Waals surface area contributed by atoms with E-state index in [0.717, 1.165) is 11.4 Å². The van der Waals surface area contributed by atoms with Gasteiger partial charge in [0.1, 0.15) is 23.2 Å². The summed E-state index contributed by atoms with van der Waals surface area (Å²) in [6.45, 7) is 2.38. The van der Waals surface area contributed by atoms with Gasteiger partial charge in [-0.05, 0) is 37.3 Å². The summed E-state index contributed by atoms with van der Waals surface area (Å²) in [7, 11) is 0. The van der Waals surface area contributed by atoms with Crippen molar-refractivity contribution in [1.82, 2.24) is 9.97 Å². The standard InChI is InChI=1S/C17H15N5O/c1-12-20-16(19-11-15-6-3-7-23-15)9-17(21-12)22-14-5-2-4-13(8-14)10-18/h2-9H,11H2,1H3,(H2,19,20,21,22). The highest BCUT2D eigenvalue weighted by atomic mass is 16.3. The Hall–Kier alpha value is -3.33. The van der Waals surface area contributed by atoms with Gasteiger partial charge in [-0.15, -0.1) is 0 Å². The van der Waals surface area contributed by atoms with Crippen LogP contribution in [0.2, 0.25) is 0 Å². The van der Waals surface area contributed by atoms with Crippen molar-refractivity contribution in [3.63, 3.8) is 0 Å². The number of nitrogens with one attached hydrogen (secondary N) is 2. The lowest BCUT2D eigenvalue weighted by Crippen LogP contribution is -2.04. The van der Waals surface area contributed by atoms with Crippen LogP contribution < -0.4 is 10.6 Å². The quantitative estimate of drug-likeness (QED) is 0.749. The topological polar surface area (TPSA) is 86.8 Å². The van der Waals surface area contributed by atoms with E-state index < -0.39 is 0 Å². The number of nitrogens with zero attached hydrogens (tertiary/aromatic N) is 3. The molecule has 0 aliphatic rings. The molecule has 0 aliphatic carbocycles. The Morgan fingerprint density at radius 1 is 1.13 bits per heavy atom. The first-order valence-corrected chi connectivity index (χ1v) is 7.12. The van der Waals surface area contributed by atoms with Crippen LogP contribution in [0.3, 0.4) is 0 Å². The van der Waals surface area contributed by atoms with Crippen LogP contribution in [0.15, 0.2) is 53.1 Å². The number of aryl methyl sites for hydroxylation is 1. The van der Waals surface area contributed by atoms with Crippen LogP contribution >= 0.6 is 0 Å². The molecule has 6 nitrogen and oxygen atoms in total. The van der Waals surface area contributed by atoms with Crippen molar-refractivity contribution in [2.45, 2.75) is 13.5 Å². The Morgan fingerprint density at radius 2 is 2.00 bits per heavy atom. The van der Waals surface area contributed by atoms with Crippen molar-refractivity contribution in [1.29, 1.82) is 5.26 Å². The fourth-order valence-electron chi connectivity index (χ4n) is 2.13. The number of hydrogen-bond donors (Lipinski definition) is 2. The molecule has 0 unspecified atom stereocenters. The summed E-state index contributed by atoms with van der Waals surface area (Å²) in [6.07, 6.45) is 1.64. The molecule has 0 spiro atoms. The molecule has 2 heterocycles. The van der Waals surface area contributed by atoms with Crippen LogP contribution in [0, 0.1) is 18.3 Å². The van der Waals surface area contributed by atoms with E-state index in [4.69, 9.17) is 9.68 Å². The van der Waals surface area contributed by atoms with Gasteiger partial charge >= 0.3 is 0 Å². The molecule has 114 valence electrons. The first kappa shape index (κ1) is 14.6. The summed E-state index contributed by atoms with van der Waals surface area (Å²) < 4.78 is 5.28. The van der Waals surface area contributed by atoms with Crippen molar-refractivity contribution in [2.24, 2.45) is 0 Å². The van der Waals surface area contributed by atoms with Crippen molar-refractivity contribution in [3.8, 4) is 6.07 Å². The normalized spacial score (nSPS) is 10.1. The third kappa shape index (κ3) is 3.86. The lowest BCUT2D eigenvalue weighted by molar-refractivity contribution is 0.518. The van der Waals surface area contributed by atoms with Gasteiger partial charge in [-0.1, -0.05) is 6.07 Å². The summed E-state index contributed by atoms with van der Waals surface area (Å²) >= 11 is 0. The predicted octanol–water partition coefficient (Wildman–Crippen LogP) is 3.61. The zero-order valence-electron chi connectivity index (χ0n) is 12.6. The first-order chi connectivity index (χ1) is 11.2. The van der Waals surface area contributed by atoms with Gasteiger partial charge in [0, 0.05) is 11.8 Å². The van der Waals surface area contributed by atoms with Gasteiger partial charge < -0.3 is 15.1 Å². The molecular formula is C17H15N5O. The number of aromatic nitrogens is 2. The van der Waals surface area contributed by atoms with Gasteiger partial charge in [0.15, 0.2) is 0 Å². The zero-order valence-corrected chi connectivity index (χ0v) is 12.6. The maximum absolute atomic E-state index is 8.95. The molecule has 2 aromatic heterocycles. The van der Waals surface area contributed by atoms with Gasteiger partial charge in [0.05, 0.1) is 24.4 Å². The van der Waals surface area contributed by atoms with E-state index in [9.17, 15) is 0 Å². The molecule has 0 saturated carbocycles. The highest BCUT2D eigenvalue weighted by Crippen LogP contribution is 2.18. The summed E-state index contributed by atoms with van der Waals surface area (Å²) in [4.78, 5) is 8.71. The second-order valence-corrected chi connectivity index (χ2v) is 4.94. The minimum Gasteiger partial charge on any atom is -0.467 e. The molecule has 0 amide bonds. The fraction of sp³-hybridized carbons (Fsp3) is 0.118. The van der Waals surface area contributed by atoms with Gasteiger partial charge in [0.25, 0.3) is 0 Å². The monoisotopic (exact) mass is 305 g/mol. The van der Waals surface area contributed by atoms with Crippen molar-refractivity contribution in [2.75, 3.05) is 10.6 Å². The number of benzene rings is 1. The molecule has 0 atom stereocenters. The van der Waals surface area contributed by atoms with Gasteiger partial charge in [-0.25, -0.2) is 9.97 Å². The molecule has 6 heteroatoms. The summed E-state index contributed by atoms with van der Waals surface area (Å²) in [5.74, 6) is 2.84. The Bertz CT molecular complexity index is 836. The predicted molar refractivity (Wildman–Crippen MR) is 87.2 cm³/mol. The maximum Gasteiger partial charge on any atom is 0.136 e. The molecule has 0 fully saturated rings. The Kier molecular flexibility index (Phi) is 4.20. The van der Waals surface area contributed by atoms with Crippen LogP contribution in [-0.4, -0.2) is 9.97 Å². The number of anilines is 3. The Labute approximate surface area is 133 Å². The highest BCUT2D eigenvalue weighted by molar-refractivity contribution is 5.60. The van der Waals surface area contributed by atoms with Crippen LogP contribution in [0.5, 0.6) is 0 Å². The van der Waals surface area contributed by atoms with E-state index >= 15 is 0 Å². The summed E-state index contributed by atoms with van der Waals surface area (Å²) in [5, 5.41) is 15.3. The van der Waals surface area contributed by atoms with E-state index in [1.54, 1.807) is 18.4 Å². The lowest BCUT2D eigenvalue weighted by atomic mass is 10.2. The third-order valence-corrected chi connectivity index (χ3v) is 3.13. The van der Waals surface area contributed by atoms with E-state index in [1.165, 1.54) is 0 Å². The molecule has 3 rings (SSSR count). The molecule has 3 aromatic rings.